The van der Waals surface area contributed by atoms with Crippen molar-refractivity contribution >= 4 is 27.3 Å². The Hall–Kier alpha value is 0.100. The molecule has 0 aromatic carbocycles. The topological polar surface area (TPSA) is 21.3 Å². The zero-order valence-corrected chi connectivity index (χ0v) is 12.4. The van der Waals surface area contributed by atoms with Gasteiger partial charge in [-0.1, -0.05) is 6.92 Å². The standard InChI is InChI=1S/C12H20BrNOS/c1-3-7-15-8-4-6-14-10(2)12-11(13)5-9-16-12/h5,9-10,14H,3-4,6-8H2,1-2H3. The van der Waals surface area contributed by atoms with E-state index in [1.165, 1.54) is 9.35 Å². The Morgan fingerprint density at radius 1 is 1.50 bits per heavy atom. The summed E-state index contributed by atoms with van der Waals surface area (Å²) in [6.45, 7) is 7.08. The van der Waals surface area contributed by atoms with Gasteiger partial charge in [-0.15, -0.1) is 11.3 Å². The minimum atomic E-state index is 0.417. The summed E-state index contributed by atoms with van der Waals surface area (Å²) < 4.78 is 6.64. The molecule has 0 bridgehead atoms. The molecule has 1 atom stereocenters. The maximum Gasteiger partial charge on any atom is 0.0478 e. The second kappa shape index (κ2) is 8.23. The number of ether oxygens (including phenoxy) is 1. The molecule has 0 saturated heterocycles. The molecule has 0 saturated carbocycles. The highest BCUT2D eigenvalue weighted by molar-refractivity contribution is 9.10. The van der Waals surface area contributed by atoms with Crippen LogP contribution in [0.3, 0.4) is 0 Å². The van der Waals surface area contributed by atoms with Gasteiger partial charge in [0.2, 0.25) is 0 Å². The van der Waals surface area contributed by atoms with Gasteiger partial charge in [0.15, 0.2) is 0 Å². The highest BCUT2D eigenvalue weighted by Gasteiger charge is 2.09. The first-order valence-corrected chi connectivity index (χ1v) is 7.47. The summed E-state index contributed by atoms with van der Waals surface area (Å²) in [5.41, 5.74) is 0. The molecule has 1 rings (SSSR count). The first-order valence-electron chi connectivity index (χ1n) is 5.79. The van der Waals surface area contributed by atoms with E-state index >= 15 is 0 Å². The van der Waals surface area contributed by atoms with Crippen molar-refractivity contribution in [2.75, 3.05) is 19.8 Å². The van der Waals surface area contributed by atoms with Crippen molar-refractivity contribution in [1.29, 1.82) is 0 Å². The van der Waals surface area contributed by atoms with Gasteiger partial charge in [-0.25, -0.2) is 0 Å². The van der Waals surface area contributed by atoms with Crippen molar-refractivity contribution in [2.24, 2.45) is 0 Å². The summed E-state index contributed by atoms with van der Waals surface area (Å²) >= 11 is 5.34. The highest BCUT2D eigenvalue weighted by atomic mass is 79.9. The Morgan fingerprint density at radius 3 is 2.94 bits per heavy atom. The quantitative estimate of drug-likeness (QED) is 0.734. The van der Waals surface area contributed by atoms with Crippen molar-refractivity contribution in [3.63, 3.8) is 0 Å². The second-order valence-corrected chi connectivity index (χ2v) is 5.58. The number of hydrogen-bond donors (Lipinski definition) is 1. The van der Waals surface area contributed by atoms with Crippen LogP contribution < -0.4 is 5.32 Å². The van der Waals surface area contributed by atoms with Gasteiger partial charge in [0, 0.05) is 28.6 Å². The Balaban J connectivity index is 2.11. The van der Waals surface area contributed by atoms with Crippen LogP contribution in [0.15, 0.2) is 15.9 Å². The molecule has 0 spiro atoms. The van der Waals surface area contributed by atoms with E-state index in [0.717, 1.165) is 32.6 Å². The third-order valence-electron chi connectivity index (χ3n) is 2.30. The van der Waals surface area contributed by atoms with Gasteiger partial charge in [-0.3, -0.25) is 0 Å². The van der Waals surface area contributed by atoms with Crippen LogP contribution >= 0.6 is 27.3 Å². The van der Waals surface area contributed by atoms with E-state index < -0.39 is 0 Å². The Kier molecular flexibility index (Phi) is 7.28. The monoisotopic (exact) mass is 305 g/mol. The van der Waals surface area contributed by atoms with E-state index in [0.29, 0.717) is 6.04 Å². The van der Waals surface area contributed by atoms with E-state index in [2.05, 4.69) is 46.5 Å². The maximum atomic E-state index is 5.43. The van der Waals surface area contributed by atoms with Crippen molar-refractivity contribution in [2.45, 2.75) is 32.7 Å². The van der Waals surface area contributed by atoms with E-state index in [-0.39, 0.29) is 0 Å². The molecule has 0 aliphatic rings. The summed E-state index contributed by atoms with van der Waals surface area (Å²) in [6.07, 6.45) is 2.18. The zero-order chi connectivity index (χ0) is 11.8. The molecule has 0 aliphatic heterocycles. The van der Waals surface area contributed by atoms with Crippen molar-refractivity contribution in [1.82, 2.24) is 5.32 Å². The highest BCUT2D eigenvalue weighted by Crippen LogP contribution is 2.28. The number of nitrogens with one attached hydrogen (secondary N) is 1. The average molecular weight is 306 g/mol. The summed E-state index contributed by atoms with van der Waals surface area (Å²) in [6, 6.07) is 2.52. The Bertz CT molecular complexity index is 290. The zero-order valence-electron chi connectivity index (χ0n) is 9.96. The van der Waals surface area contributed by atoms with Crippen LogP contribution in [0, 0.1) is 0 Å². The van der Waals surface area contributed by atoms with Gasteiger partial charge in [0.25, 0.3) is 0 Å². The van der Waals surface area contributed by atoms with Crippen molar-refractivity contribution < 1.29 is 4.74 Å². The average Bonchev–Trinajstić information content (AvgIpc) is 2.69. The molecule has 16 heavy (non-hydrogen) atoms. The van der Waals surface area contributed by atoms with Gasteiger partial charge < -0.3 is 10.1 Å². The molecular formula is C12H20BrNOS. The third kappa shape index (κ3) is 4.95. The summed E-state index contributed by atoms with van der Waals surface area (Å²) in [4.78, 5) is 1.37. The number of thiophene rings is 1. The first kappa shape index (κ1) is 14.2. The lowest BCUT2D eigenvalue weighted by Crippen LogP contribution is -2.20. The summed E-state index contributed by atoms with van der Waals surface area (Å²) in [7, 11) is 0. The largest absolute Gasteiger partial charge is 0.381 e. The number of rotatable bonds is 8. The van der Waals surface area contributed by atoms with Gasteiger partial charge >= 0.3 is 0 Å². The van der Waals surface area contributed by atoms with Crippen LogP contribution in [0.25, 0.3) is 0 Å². The molecule has 1 unspecified atom stereocenters. The van der Waals surface area contributed by atoms with E-state index in [1.54, 1.807) is 11.3 Å². The smallest absolute Gasteiger partial charge is 0.0478 e. The summed E-state index contributed by atoms with van der Waals surface area (Å²) in [5.74, 6) is 0. The van der Waals surface area contributed by atoms with Gasteiger partial charge in [-0.05, 0) is 53.7 Å². The molecule has 0 radical (unpaired) electrons. The second-order valence-electron chi connectivity index (χ2n) is 3.77. The minimum absolute atomic E-state index is 0.417. The van der Waals surface area contributed by atoms with Crippen LogP contribution in [-0.2, 0) is 4.74 Å². The normalized spacial score (nSPS) is 12.9. The molecule has 92 valence electrons. The lowest BCUT2D eigenvalue weighted by molar-refractivity contribution is 0.132. The summed E-state index contributed by atoms with van der Waals surface area (Å²) in [5, 5.41) is 5.62. The van der Waals surface area contributed by atoms with Crippen LogP contribution in [0.5, 0.6) is 0 Å². The van der Waals surface area contributed by atoms with Gasteiger partial charge in [0.05, 0.1) is 0 Å². The molecule has 1 N–H and O–H groups in total. The lowest BCUT2D eigenvalue weighted by Gasteiger charge is -2.12. The van der Waals surface area contributed by atoms with Crippen LogP contribution in [0.1, 0.15) is 37.6 Å². The first-order chi connectivity index (χ1) is 7.75. The number of hydrogen-bond acceptors (Lipinski definition) is 3. The molecule has 0 amide bonds. The van der Waals surface area contributed by atoms with E-state index in [9.17, 15) is 0 Å². The van der Waals surface area contributed by atoms with Crippen molar-refractivity contribution in [3.05, 3.63) is 20.8 Å². The predicted octanol–water partition coefficient (Wildman–Crippen LogP) is 3.98. The molecule has 0 aliphatic carbocycles. The maximum absolute atomic E-state index is 5.43. The molecular weight excluding hydrogens is 286 g/mol. The molecule has 1 aromatic rings. The van der Waals surface area contributed by atoms with Crippen LogP contribution in [0.2, 0.25) is 0 Å². The van der Waals surface area contributed by atoms with Gasteiger partial charge in [-0.2, -0.15) is 0 Å². The fourth-order valence-electron chi connectivity index (χ4n) is 1.45. The number of halogens is 1. The van der Waals surface area contributed by atoms with Gasteiger partial charge in [0.1, 0.15) is 0 Å². The van der Waals surface area contributed by atoms with Crippen molar-refractivity contribution in [3.8, 4) is 0 Å². The third-order valence-corrected chi connectivity index (χ3v) is 4.36. The molecule has 1 heterocycles. The minimum Gasteiger partial charge on any atom is -0.381 e. The Labute approximate surface area is 111 Å². The fraction of sp³-hybridized carbons (Fsp3) is 0.667. The molecule has 2 nitrogen and oxygen atoms in total. The predicted molar refractivity (Wildman–Crippen MR) is 74.2 cm³/mol. The molecule has 4 heteroatoms. The van der Waals surface area contributed by atoms with Crippen LogP contribution in [-0.4, -0.2) is 19.8 Å². The SMILES string of the molecule is CCCOCCCNC(C)c1sccc1Br. The van der Waals surface area contributed by atoms with Crippen LogP contribution in [0.4, 0.5) is 0 Å². The lowest BCUT2D eigenvalue weighted by atomic mass is 10.2. The fourth-order valence-corrected chi connectivity index (χ4v) is 3.20. The molecule has 1 aromatic heterocycles. The van der Waals surface area contributed by atoms with E-state index in [4.69, 9.17) is 4.74 Å². The van der Waals surface area contributed by atoms with E-state index in [1.807, 2.05) is 0 Å². The Morgan fingerprint density at radius 2 is 2.31 bits per heavy atom. The molecule has 0 fully saturated rings.